The molecule has 108 valence electrons. The minimum atomic E-state index is -0.166. The molecular formula is C17H23FN2. The summed E-state index contributed by atoms with van der Waals surface area (Å²) in [5.41, 5.74) is 6.77. The first-order valence-corrected chi connectivity index (χ1v) is 7.42. The zero-order valence-corrected chi connectivity index (χ0v) is 12.2. The van der Waals surface area contributed by atoms with Gasteiger partial charge in [-0.3, -0.25) is 4.90 Å². The Bertz CT molecular complexity index is 497. The lowest BCUT2D eigenvalue weighted by atomic mass is 9.85. The standard InChI is InChI=1S/C17H23FN2/c1-2-20(12-15-5-3-6-15)13-16-9-8-14(7-4-10-19)11-17(16)18/h8-9,11,15H,2-3,5-6,10,12-13,19H2,1H3. The van der Waals surface area contributed by atoms with E-state index in [-0.39, 0.29) is 5.82 Å². The lowest BCUT2D eigenvalue weighted by Gasteiger charge is -2.31. The first kappa shape index (κ1) is 15.0. The van der Waals surface area contributed by atoms with Crippen LogP contribution in [0.3, 0.4) is 0 Å². The fraction of sp³-hybridized carbons (Fsp3) is 0.529. The number of halogens is 1. The summed E-state index contributed by atoms with van der Waals surface area (Å²) in [5, 5.41) is 0. The Balaban J connectivity index is 2.00. The predicted molar refractivity (Wildman–Crippen MR) is 80.6 cm³/mol. The number of nitrogens with zero attached hydrogens (tertiary/aromatic N) is 1. The Kier molecular flexibility index (Phi) is 5.58. The van der Waals surface area contributed by atoms with Gasteiger partial charge < -0.3 is 5.73 Å². The average Bonchev–Trinajstić information content (AvgIpc) is 2.41. The number of hydrogen-bond acceptors (Lipinski definition) is 2. The molecule has 2 rings (SSSR count). The van der Waals surface area contributed by atoms with Crippen molar-refractivity contribution in [3.05, 3.63) is 35.1 Å². The van der Waals surface area contributed by atoms with Crippen LogP contribution >= 0.6 is 0 Å². The van der Waals surface area contributed by atoms with Gasteiger partial charge in [0.1, 0.15) is 5.82 Å². The molecule has 1 fully saturated rings. The molecule has 0 bridgehead atoms. The molecule has 1 aromatic rings. The van der Waals surface area contributed by atoms with Gasteiger partial charge in [-0.2, -0.15) is 0 Å². The van der Waals surface area contributed by atoms with Crippen LogP contribution in [0.5, 0.6) is 0 Å². The lowest BCUT2D eigenvalue weighted by Crippen LogP contribution is -2.32. The van der Waals surface area contributed by atoms with Crippen LogP contribution in [0.25, 0.3) is 0 Å². The molecule has 2 nitrogen and oxygen atoms in total. The Hall–Kier alpha value is -1.37. The monoisotopic (exact) mass is 274 g/mol. The predicted octanol–water partition coefficient (Wildman–Crippen LogP) is 2.76. The second-order valence-corrected chi connectivity index (χ2v) is 5.44. The van der Waals surface area contributed by atoms with Crippen LogP contribution in [0.1, 0.15) is 37.3 Å². The molecule has 1 saturated carbocycles. The van der Waals surface area contributed by atoms with Crippen molar-refractivity contribution in [2.75, 3.05) is 19.6 Å². The number of nitrogens with two attached hydrogens (primary N) is 1. The fourth-order valence-corrected chi connectivity index (χ4v) is 2.49. The van der Waals surface area contributed by atoms with Gasteiger partial charge in [-0.15, -0.1) is 0 Å². The quantitative estimate of drug-likeness (QED) is 0.837. The number of rotatable bonds is 5. The summed E-state index contributed by atoms with van der Waals surface area (Å²) in [7, 11) is 0. The zero-order valence-electron chi connectivity index (χ0n) is 12.2. The minimum absolute atomic E-state index is 0.166. The van der Waals surface area contributed by atoms with E-state index in [1.807, 2.05) is 12.1 Å². The van der Waals surface area contributed by atoms with Gasteiger partial charge in [0.25, 0.3) is 0 Å². The Morgan fingerprint density at radius 3 is 2.75 bits per heavy atom. The van der Waals surface area contributed by atoms with E-state index in [1.54, 1.807) is 0 Å². The van der Waals surface area contributed by atoms with E-state index < -0.39 is 0 Å². The summed E-state index contributed by atoms with van der Waals surface area (Å²) >= 11 is 0. The van der Waals surface area contributed by atoms with E-state index in [2.05, 4.69) is 23.7 Å². The van der Waals surface area contributed by atoms with Crippen molar-refractivity contribution in [3.8, 4) is 11.8 Å². The molecule has 1 aromatic carbocycles. The normalized spacial score (nSPS) is 14.8. The van der Waals surface area contributed by atoms with Crippen molar-refractivity contribution in [2.45, 2.75) is 32.7 Å². The van der Waals surface area contributed by atoms with Gasteiger partial charge in [-0.05, 0) is 37.4 Å². The van der Waals surface area contributed by atoms with Gasteiger partial charge in [0.2, 0.25) is 0 Å². The van der Waals surface area contributed by atoms with Gasteiger partial charge in [-0.25, -0.2) is 4.39 Å². The molecule has 0 radical (unpaired) electrons. The Labute approximate surface area is 121 Å². The van der Waals surface area contributed by atoms with Crippen molar-refractivity contribution in [2.24, 2.45) is 11.7 Å². The number of benzene rings is 1. The first-order valence-electron chi connectivity index (χ1n) is 7.42. The average molecular weight is 274 g/mol. The zero-order chi connectivity index (χ0) is 14.4. The molecule has 3 heteroatoms. The van der Waals surface area contributed by atoms with E-state index in [4.69, 9.17) is 5.73 Å². The molecule has 0 atom stereocenters. The summed E-state index contributed by atoms with van der Waals surface area (Å²) in [6, 6.07) is 5.23. The van der Waals surface area contributed by atoms with Crippen LogP contribution in [0, 0.1) is 23.6 Å². The summed E-state index contributed by atoms with van der Waals surface area (Å²) in [6.45, 7) is 5.17. The highest BCUT2D eigenvalue weighted by molar-refractivity contribution is 5.37. The van der Waals surface area contributed by atoms with Crippen molar-refractivity contribution in [1.29, 1.82) is 0 Å². The van der Waals surface area contributed by atoms with Crippen LogP contribution in [-0.4, -0.2) is 24.5 Å². The molecule has 1 aliphatic carbocycles. The third kappa shape index (κ3) is 4.06. The van der Waals surface area contributed by atoms with E-state index in [0.717, 1.165) is 24.6 Å². The third-order valence-corrected chi connectivity index (χ3v) is 3.97. The Morgan fingerprint density at radius 1 is 1.40 bits per heavy atom. The van der Waals surface area contributed by atoms with E-state index in [1.165, 1.54) is 25.3 Å². The molecule has 0 amide bonds. The molecule has 20 heavy (non-hydrogen) atoms. The summed E-state index contributed by atoms with van der Waals surface area (Å²) in [5.74, 6) is 6.25. The summed E-state index contributed by atoms with van der Waals surface area (Å²) < 4.78 is 14.1. The van der Waals surface area contributed by atoms with Gasteiger partial charge in [0.15, 0.2) is 0 Å². The fourth-order valence-electron chi connectivity index (χ4n) is 2.49. The van der Waals surface area contributed by atoms with Crippen molar-refractivity contribution >= 4 is 0 Å². The van der Waals surface area contributed by atoms with E-state index >= 15 is 0 Å². The molecule has 0 spiro atoms. The van der Waals surface area contributed by atoms with Crippen molar-refractivity contribution in [1.82, 2.24) is 4.90 Å². The molecule has 1 aliphatic rings. The molecule has 0 saturated heterocycles. The van der Waals surface area contributed by atoms with Crippen LogP contribution in [0.4, 0.5) is 4.39 Å². The Morgan fingerprint density at radius 2 is 2.20 bits per heavy atom. The maximum absolute atomic E-state index is 14.1. The second-order valence-electron chi connectivity index (χ2n) is 5.44. The van der Waals surface area contributed by atoms with Crippen LogP contribution in [-0.2, 0) is 6.54 Å². The van der Waals surface area contributed by atoms with Crippen LogP contribution < -0.4 is 5.73 Å². The lowest BCUT2D eigenvalue weighted by molar-refractivity contribution is 0.177. The number of hydrogen-bond donors (Lipinski definition) is 1. The van der Waals surface area contributed by atoms with Gasteiger partial charge in [0, 0.05) is 24.2 Å². The van der Waals surface area contributed by atoms with Crippen LogP contribution in [0.2, 0.25) is 0 Å². The summed E-state index contributed by atoms with van der Waals surface area (Å²) in [4.78, 5) is 2.33. The highest BCUT2D eigenvalue weighted by Gasteiger charge is 2.20. The topological polar surface area (TPSA) is 29.3 Å². The highest BCUT2D eigenvalue weighted by Crippen LogP contribution is 2.27. The molecular weight excluding hydrogens is 251 g/mol. The van der Waals surface area contributed by atoms with Crippen molar-refractivity contribution < 1.29 is 4.39 Å². The van der Waals surface area contributed by atoms with Crippen LogP contribution in [0.15, 0.2) is 18.2 Å². The smallest absolute Gasteiger partial charge is 0.128 e. The molecule has 0 unspecified atom stereocenters. The highest BCUT2D eigenvalue weighted by atomic mass is 19.1. The largest absolute Gasteiger partial charge is 0.320 e. The second kappa shape index (κ2) is 7.42. The summed E-state index contributed by atoms with van der Waals surface area (Å²) in [6.07, 6.45) is 4.00. The van der Waals surface area contributed by atoms with E-state index in [0.29, 0.717) is 18.7 Å². The maximum Gasteiger partial charge on any atom is 0.128 e. The SMILES string of the molecule is CCN(Cc1ccc(C#CCN)cc1F)CC1CCC1. The van der Waals surface area contributed by atoms with Crippen molar-refractivity contribution in [3.63, 3.8) is 0 Å². The molecule has 0 aliphatic heterocycles. The third-order valence-electron chi connectivity index (χ3n) is 3.97. The molecule has 0 aromatic heterocycles. The molecule has 2 N–H and O–H groups in total. The molecule has 0 heterocycles. The maximum atomic E-state index is 14.1. The van der Waals surface area contributed by atoms with E-state index in [9.17, 15) is 4.39 Å². The van der Waals surface area contributed by atoms with Gasteiger partial charge in [-0.1, -0.05) is 31.3 Å². The van der Waals surface area contributed by atoms with Gasteiger partial charge in [0.05, 0.1) is 6.54 Å². The minimum Gasteiger partial charge on any atom is -0.320 e. The first-order chi connectivity index (χ1) is 9.72. The van der Waals surface area contributed by atoms with Gasteiger partial charge >= 0.3 is 0 Å².